The number of halogens is 1. The SMILES string of the molecule is O=C(Cc1nccs1)C(CC1CCOCC1)n1cnc2ccc(F)cc2c1=O. The lowest BCUT2D eigenvalue weighted by atomic mass is 9.90. The van der Waals surface area contributed by atoms with Crippen molar-refractivity contribution < 1.29 is 13.9 Å². The molecule has 1 aromatic carbocycles. The number of ketones is 1. The summed E-state index contributed by atoms with van der Waals surface area (Å²) in [5, 5.41) is 2.72. The fraction of sp³-hybridized carbons (Fsp3) is 0.400. The summed E-state index contributed by atoms with van der Waals surface area (Å²) in [6, 6.07) is 3.27. The fourth-order valence-electron chi connectivity index (χ4n) is 3.64. The zero-order valence-corrected chi connectivity index (χ0v) is 16.0. The highest BCUT2D eigenvalue weighted by Gasteiger charge is 2.28. The monoisotopic (exact) mass is 401 g/mol. The summed E-state index contributed by atoms with van der Waals surface area (Å²) >= 11 is 1.41. The molecule has 6 nitrogen and oxygen atoms in total. The molecule has 0 saturated carbocycles. The van der Waals surface area contributed by atoms with Gasteiger partial charge in [-0.05, 0) is 43.4 Å². The van der Waals surface area contributed by atoms with Gasteiger partial charge in [0.05, 0.1) is 34.7 Å². The topological polar surface area (TPSA) is 74.1 Å². The van der Waals surface area contributed by atoms with Crippen LogP contribution < -0.4 is 5.56 Å². The van der Waals surface area contributed by atoms with E-state index in [1.165, 1.54) is 40.4 Å². The summed E-state index contributed by atoms with van der Waals surface area (Å²) < 4.78 is 20.4. The van der Waals surface area contributed by atoms with Gasteiger partial charge >= 0.3 is 0 Å². The summed E-state index contributed by atoms with van der Waals surface area (Å²) in [6.07, 6.45) is 5.48. The summed E-state index contributed by atoms with van der Waals surface area (Å²) in [5.74, 6) is -0.297. The molecule has 0 spiro atoms. The molecular formula is C20H20FN3O3S. The molecule has 0 aliphatic carbocycles. The molecule has 146 valence electrons. The van der Waals surface area contributed by atoms with E-state index in [0.717, 1.165) is 17.8 Å². The predicted molar refractivity (Wildman–Crippen MR) is 104 cm³/mol. The number of thiazole rings is 1. The minimum Gasteiger partial charge on any atom is -0.381 e. The number of hydrogen-bond acceptors (Lipinski definition) is 6. The second-order valence-corrected chi connectivity index (χ2v) is 7.97. The van der Waals surface area contributed by atoms with Crippen LogP contribution in [-0.4, -0.2) is 33.5 Å². The quantitative estimate of drug-likeness (QED) is 0.634. The zero-order valence-electron chi connectivity index (χ0n) is 15.2. The van der Waals surface area contributed by atoms with E-state index in [4.69, 9.17) is 4.74 Å². The molecule has 1 aliphatic heterocycles. The van der Waals surface area contributed by atoms with Crippen molar-refractivity contribution in [2.45, 2.75) is 31.7 Å². The van der Waals surface area contributed by atoms with E-state index in [9.17, 15) is 14.0 Å². The Balaban J connectivity index is 1.71. The second-order valence-electron chi connectivity index (χ2n) is 6.99. The maximum atomic E-state index is 13.7. The second kappa shape index (κ2) is 8.28. The van der Waals surface area contributed by atoms with Crippen molar-refractivity contribution >= 4 is 28.0 Å². The van der Waals surface area contributed by atoms with E-state index in [2.05, 4.69) is 9.97 Å². The largest absolute Gasteiger partial charge is 0.381 e. The van der Waals surface area contributed by atoms with Gasteiger partial charge in [0.15, 0.2) is 5.78 Å². The number of nitrogens with zero attached hydrogens (tertiary/aromatic N) is 3. The molecule has 2 aromatic heterocycles. The average molecular weight is 401 g/mol. The van der Waals surface area contributed by atoms with Crippen LogP contribution in [0.25, 0.3) is 10.9 Å². The molecule has 28 heavy (non-hydrogen) atoms. The number of benzene rings is 1. The van der Waals surface area contributed by atoms with Gasteiger partial charge in [0, 0.05) is 24.8 Å². The van der Waals surface area contributed by atoms with Crippen LogP contribution >= 0.6 is 11.3 Å². The number of fused-ring (bicyclic) bond motifs is 1. The first-order valence-corrected chi connectivity index (χ1v) is 10.1. The zero-order chi connectivity index (χ0) is 19.5. The smallest absolute Gasteiger partial charge is 0.261 e. The molecule has 1 aliphatic rings. The van der Waals surface area contributed by atoms with Gasteiger partial charge in [-0.2, -0.15) is 0 Å². The third-order valence-corrected chi connectivity index (χ3v) is 5.94. The predicted octanol–water partition coefficient (Wildman–Crippen LogP) is 3.16. The van der Waals surface area contributed by atoms with Gasteiger partial charge in [0.1, 0.15) is 5.82 Å². The first kappa shape index (κ1) is 18.9. The van der Waals surface area contributed by atoms with Crippen molar-refractivity contribution in [1.29, 1.82) is 0 Å². The minimum atomic E-state index is -0.653. The Hall–Kier alpha value is -2.45. The summed E-state index contributed by atoms with van der Waals surface area (Å²) in [4.78, 5) is 34.6. The number of hydrogen-bond donors (Lipinski definition) is 0. The van der Waals surface area contributed by atoms with Crippen LogP contribution in [0.4, 0.5) is 4.39 Å². The Morgan fingerprint density at radius 1 is 1.32 bits per heavy atom. The number of carbonyl (C=O) groups excluding carboxylic acids is 1. The first-order valence-electron chi connectivity index (χ1n) is 9.27. The molecule has 1 unspecified atom stereocenters. The Kier molecular flexibility index (Phi) is 5.59. The van der Waals surface area contributed by atoms with Gasteiger partial charge < -0.3 is 4.74 Å². The van der Waals surface area contributed by atoms with Gasteiger partial charge in [0.2, 0.25) is 0 Å². The van der Waals surface area contributed by atoms with Crippen molar-refractivity contribution in [3.05, 3.63) is 57.3 Å². The molecule has 0 amide bonds. The molecule has 0 radical (unpaired) electrons. The molecule has 0 bridgehead atoms. The third kappa shape index (κ3) is 4.02. The maximum Gasteiger partial charge on any atom is 0.261 e. The number of aromatic nitrogens is 3. The maximum absolute atomic E-state index is 13.7. The molecule has 3 aromatic rings. The van der Waals surface area contributed by atoms with Gasteiger partial charge in [-0.3, -0.25) is 14.2 Å². The van der Waals surface area contributed by atoms with Crippen molar-refractivity contribution in [3.8, 4) is 0 Å². The highest BCUT2D eigenvalue weighted by atomic mass is 32.1. The Bertz CT molecular complexity index is 1030. The Morgan fingerprint density at radius 2 is 2.14 bits per heavy atom. The fourth-order valence-corrected chi connectivity index (χ4v) is 4.26. The first-order chi connectivity index (χ1) is 13.6. The molecule has 1 atom stereocenters. The van der Waals surface area contributed by atoms with E-state index in [-0.39, 0.29) is 23.5 Å². The van der Waals surface area contributed by atoms with Crippen molar-refractivity contribution in [2.24, 2.45) is 5.92 Å². The van der Waals surface area contributed by atoms with Crippen LogP contribution in [0, 0.1) is 11.7 Å². The molecule has 1 saturated heterocycles. The van der Waals surface area contributed by atoms with Gasteiger partial charge in [-0.1, -0.05) is 0 Å². The number of Topliss-reactive ketones (excluding diaryl/α,β-unsaturated/α-hetero) is 1. The van der Waals surface area contributed by atoms with Crippen LogP contribution in [0.3, 0.4) is 0 Å². The van der Waals surface area contributed by atoms with Gasteiger partial charge in [0.25, 0.3) is 5.56 Å². The van der Waals surface area contributed by atoms with E-state index in [0.29, 0.717) is 25.2 Å². The van der Waals surface area contributed by atoms with Crippen molar-refractivity contribution in [1.82, 2.24) is 14.5 Å². The molecule has 3 heterocycles. The van der Waals surface area contributed by atoms with Crippen LogP contribution in [0.5, 0.6) is 0 Å². The van der Waals surface area contributed by atoms with Crippen LogP contribution in [-0.2, 0) is 16.0 Å². The van der Waals surface area contributed by atoms with Gasteiger partial charge in [-0.25, -0.2) is 14.4 Å². The lowest BCUT2D eigenvalue weighted by Crippen LogP contribution is -2.33. The molecule has 1 fully saturated rings. The van der Waals surface area contributed by atoms with Gasteiger partial charge in [-0.15, -0.1) is 11.3 Å². The summed E-state index contributed by atoms with van der Waals surface area (Å²) in [7, 11) is 0. The normalized spacial score (nSPS) is 16.3. The van der Waals surface area contributed by atoms with Crippen LogP contribution in [0.15, 0.2) is 40.9 Å². The van der Waals surface area contributed by atoms with E-state index < -0.39 is 17.4 Å². The van der Waals surface area contributed by atoms with Crippen molar-refractivity contribution in [2.75, 3.05) is 13.2 Å². The minimum absolute atomic E-state index is 0.0823. The van der Waals surface area contributed by atoms with E-state index in [1.54, 1.807) is 6.20 Å². The van der Waals surface area contributed by atoms with Crippen molar-refractivity contribution in [3.63, 3.8) is 0 Å². The van der Waals surface area contributed by atoms with E-state index in [1.807, 2.05) is 5.38 Å². The average Bonchev–Trinajstić information content (AvgIpc) is 3.21. The summed E-state index contributed by atoms with van der Waals surface area (Å²) in [6.45, 7) is 1.32. The van der Waals surface area contributed by atoms with E-state index >= 15 is 0 Å². The third-order valence-electron chi connectivity index (χ3n) is 5.16. The Labute approximate surface area is 165 Å². The lowest BCUT2D eigenvalue weighted by molar-refractivity contribution is -0.122. The summed E-state index contributed by atoms with van der Waals surface area (Å²) in [5.41, 5.74) is 0.0221. The molecule has 4 rings (SSSR count). The lowest BCUT2D eigenvalue weighted by Gasteiger charge is -2.27. The Morgan fingerprint density at radius 3 is 2.89 bits per heavy atom. The van der Waals surface area contributed by atoms with Crippen LogP contribution in [0.1, 0.15) is 30.3 Å². The number of rotatable bonds is 6. The highest BCUT2D eigenvalue weighted by molar-refractivity contribution is 7.09. The molecule has 8 heteroatoms. The van der Waals surface area contributed by atoms with Crippen LogP contribution in [0.2, 0.25) is 0 Å². The highest BCUT2D eigenvalue weighted by Crippen LogP contribution is 2.27. The number of carbonyl (C=O) groups is 1. The standard InChI is InChI=1S/C20H20FN3O3S/c21-14-1-2-16-15(10-14)20(26)24(12-23-16)17(9-13-3-6-27-7-4-13)18(25)11-19-22-5-8-28-19/h1-2,5,8,10,12-13,17H,3-4,6-7,9,11H2. The molecular weight excluding hydrogens is 381 g/mol. The number of ether oxygens (including phenoxy) is 1. The molecule has 0 N–H and O–H groups in total.